The number of carbonyl (C=O) groups excluding carboxylic acids is 1. The van der Waals surface area contributed by atoms with Gasteiger partial charge in [0.15, 0.2) is 5.96 Å². The van der Waals surface area contributed by atoms with Gasteiger partial charge in [-0.25, -0.2) is 14.4 Å². The Morgan fingerprint density at radius 3 is 2.00 bits per heavy atom. The monoisotopic (exact) mass is 539 g/mol. The van der Waals surface area contributed by atoms with E-state index in [1.807, 2.05) is 0 Å². The van der Waals surface area contributed by atoms with Gasteiger partial charge < -0.3 is 31.7 Å². The Morgan fingerprint density at radius 1 is 1.14 bits per heavy atom. The summed E-state index contributed by atoms with van der Waals surface area (Å²) >= 11 is 1.56. The van der Waals surface area contributed by atoms with E-state index in [0.717, 1.165) is 5.57 Å². The van der Waals surface area contributed by atoms with E-state index in [0.29, 0.717) is 24.8 Å². The number of amides is 1. The summed E-state index contributed by atoms with van der Waals surface area (Å²) in [6.45, 7) is 2.80. The van der Waals surface area contributed by atoms with Crippen LogP contribution in [0.2, 0.25) is 0 Å². The molecule has 3 heterocycles. The molecule has 0 aromatic heterocycles. The van der Waals surface area contributed by atoms with Gasteiger partial charge >= 0.3 is 30.3 Å². The molecular weight excluding hydrogens is 520 g/mol. The Morgan fingerprint density at radius 2 is 1.63 bits per heavy atom. The van der Waals surface area contributed by atoms with Gasteiger partial charge in [0.1, 0.15) is 17.1 Å². The van der Waals surface area contributed by atoms with Crippen molar-refractivity contribution in [2.75, 3.05) is 18.8 Å². The molecule has 3 atom stereocenters. The van der Waals surface area contributed by atoms with Crippen molar-refractivity contribution in [3.05, 3.63) is 11.3 Å². The van der Waals surface area contributed by atoms with Gasteiger partial charge in [0.2, 0.25) is 0 Å². The van der Waals surface area contributed by atoms with Crippen LogP contribution in [0.3, 0.4) is 0 Å². The number of hydrogen-bond acceptors (Lipinski definition) is 9. The number of carboxylic acid groups (broad SMARTS) is 3. The molecule has 12 nitrogen and oxygen atoms in total. The average molecular weight is 539 g/mol. The number of halogens is 6. The molecule has 198 valence electrons. The van der Waals surface area contributed by atoms with Crippen LogP contribution in [0.15, 0.2) is 16.3 Å². The van der Waals surface area contributed by atoms with Gasteiger partial charge in [-0.2, -0.15) is 26.3 Å². The van der Waals surface area contributed by atoms with Crippen molar-refractivity contribution in [2.24, 2.45) is 10.7 Å². The SMILES string of the molecule is CC1=C(C(=O)O)N2C(=O)C(NC3=NCC(CN)N3)[C@@H]2SC1.O=C(O)C(F)(F)F.O=C(O)C(F)(F)F. The van der Waals surface area contributed by atoms with Crippen LogP contribution in [-0.4, -0.2) is 98.6 Å². The van der Waals surface area contributed by atoms with E-state index in [2.05, 4.69) is 15.6 Å². The zero-order valence-electron chi connectivity index (χ0n) is 17.5. The maximum Gasteiger partial charge on any atom is 0.490 e. The second kappa shape index (κ2) is 11.5. The predicted molar refractivity (Wildman–Crippen MR) is 106 cm³/mol. The lowest BCUT2D eigenvalue weighted by Crippen LogP contribution is -2.71. The van der Waals surface area contributed by atoms with Crippen LogP contribution in [0.4, 0.5) is 26.3 Å². The molecule has 35 heavy (non-hydrogen) atoms. The predicted octanol–water partition coefficient (Wildman–Crippen LogP) is -0.229. The molecule has 3 rings (SSSR count). The normalized spacial score (nSPS) is 23.3. The standard InChI is InChI=1S/C12H17N5O3S.2C2HF3O2/c1-5-4-21-10-7(9(18)17(10)8(5)11(19)20)16-12-14-3-6(2-13)15-12;2*3-2(4,5)1(6)7/h6-7,10H,2-4,13H2,1H3,(H,19,20)(H2,14,15,16);2*(H,6,7)/t6?,7?,10-;;/m0../s1. The van der Waals surface area contributed by atoms with Crippen LogP contribution < -0.4 is 16.4 Å². The highest BCUT2D eigenvalue weighted by Gasteiger charge is 2.53. The molecular formula is C16H19F6N5O7S. The highest BCUT2D eigenvalue weighted by atomic mass is 32.2. The molecule has 0 aliphatic carbocycles. The van der Waals surface area contributed by atoms with E-state index in [1.54, 1.807) is 18.7 Å². The van der Waals surface area contributed by atoms with Crippen molar-refractivity contribution < 1.29 is 60.8 Å². The number of carboxylic acids is 3. The third-order valence-corrected chi connectivity index (χ3v) is 5.66. The highest BCUT2D eigenvalue weighted by molar-refractivity contribution is 8.00. The number of guanidine groups is 1. The lowest BCUT2D eigenvalue weighted by molar-refractivity contribution is -0.193. The zero-order valence-corrected chi connectivity index (χ0v) is 18.3. The fraction of sp³-hybridized carbons (Fsp3) is 0.562. The Balaban J connectivity index is 0.000000362. The van der Waals surface area contributed by atoms with Crippen LogP contribution in [-0.2, 0) is 19.2 Å². The molecule has 0 spiro atoms. The van der Waals surface area contributed by atoms with Gasteiger partial charge in [0, 0.05) is 12.3 Å². The fourth-order valence-corrected chi connectivity index (χ4v) is 3.92. The zero-order chi connectivity index (χ0) is 27.3. The van der Waals surface area contributed by atoms with Gasteiger partial charge in [-0.3, -0.25) is 14.7 Å². The Hall–Kier alpha value is -3.22. The number of hydrogen-bond donors (Lipinski definition) is 6. The van der Waals surface area contributed by atoms with Gasteiger partial charge in [-0.15, -0.1) is 11.8 Å². The number of aliphatic imine (C=N–C) groups is 1. The van der Waals surface area contributed by atoms with Crippen LogP contribution in [0.1, 0.15) is 6.92 Å². The van der Waals surface area contributed by atoms with Crippen molar-refractivity contribution in [2.45, 2.75) is 36.7 Å². The van der Waals surface area contributed by atoms with Crippen molar-refractivity contribution >= 4 is 41.5 Å². The molecule has 1 saturated heterocycles. The van der Waals surface area contributed by atoms with E-state index in [1.165, 1.54) is 4.90 Å². The third kappa shape index (κ3) is 7.91. The van der Waals surface area contributed by atoms with Crippen molar-refractivity contribution in [1.82, 2.24) is 15.5 Å². The Bertz CT molecular complexity index is 899. The first-order chi connectivity index (χ1) is 15.9. The Labute approximate surface area is 196 Å². The number of nitrogens with zero attached hydrogens (tertiary/aromatic N) is 2. The summed E-state index contributed by atoms with van der Waals surface area (Å²) in [5, 5.41) is 29.5. The number of nitrogens with two attached hydrogens (primary N) is 1. The third-order valence-electron chi connectivity index (χ3n) is 4.23. The number of fused-ring (bicyclic) bond motifs is 1. The first-order valence-electron chi connectivity index (χ1n) is 9.17. The number of nitrogens with one attached hydrogen (secondary N) is 2. The maximum absolute atomic E-state index is 12.2. The van der Waals surface area contributed by atoms with Gasteiger partial charge in [-0.05, 0) is 12.5 Å². The molecule has 0 bridgehead atoms. The van der Waals surface area contributed by atoms with Crippen molar-refractivity contribution in [3.8, 4) is 0 Å². The largest absolute Gasteiger partial charge is 0.490 e. The number of carbonyl (C=O) groups is 4. The summed E-state index contributed by atoms with van der Waals surface area (Å²) < 4.78 is 63.5. The topological polar surface area (TPSA) is 195 Å². The lowest BCUT2D eigenvalue weighted by Gasteiger charge is -2.49. The molecule has 3 aliphatic heterocycles. The van der Waals surface area contributed by atoms with Crippen LogP contribution in [0.5, 0.6) is 0 Å². The van der Waals surface area contributed by atoms with E-state index in [9.17, 15) is 41.0 Å². The minimum atomic E-state index is -5.08. The summed E-state index contributed by atoms with van der Waals surface area (Å²) in [7, 11) is 0. The van der Waals surface area contributed by atoms with Gasteiger partial charge in [-0.1, -0.05) is 0 Å². The number of β-lactam (4-membered cyclic amide) rings is 1. The fourth-order valence-electron chi connectivity index (χ4n) is 2.63. The molecule has 2 unspecified atom stereocenters. The lowest BCUT2D eigenvalue weighted by atomic mass is 10.0. The van der Waals surface area contributed by atoms with E-state index in [-0.39, 0.29) is 23.0 Å². The smallest absolute Gasteiger partial charge is 0.477 e. The van der Waals surface area contributed by atoms with Crippen molar-refractivity contribution in [3.63, 3.8) is 0 Å². The van der Waals surface area contributed by atoms with E-state index >= 15 is 0 Å². The second-order valence-corrected chi connectivity index (χ2v) is 7.94. The summed E-state index contributed by atoms with van der Waals surface area (Å²) in [5.74, 6) is -5.62. The highest BCUT2D eigenvalue weighted by Crippen LogP contribution is 2.40. The molecule has 0 radical (unpaired) electrons. The van der Waals surface area contributed by atoms with Gasteiger partial charge in [0.25, 0.3) is 5.91 Å². The minimum absolute atomic E-state index is 0.0921. The first-order valence-corrected chi connectivity index (χ1v) is 10.2. The molecule has 19 heteroatoms. The quantitative estimate of drug-likeness (QED) is 0.205. The summed E-state index contributed by atoms with van der Waals surface area (Å²) in [6.07, 6.45) is -10.2. The molecule has 1 amide bonds. The first kappa shape index (κ1) is 29.8. The molecule has 0 saturated carbocycles. The Kier molecular flexibility index (Phi) is 9.77. The van der Waals surface area contributed by atoms with Gasteiger partial charge in [0.05, 0.1) is 12.6 Å². The van der Waals surface area contributed by atoms with Crippen LogP contribution >= 0.6 is 11.8 Å². The van der Waals surface area contributed by atoms with E-state index < -0.39 is 36.3 Å². The number of alkyl halides is 6. The maximum atomic E-state index is 12.2. The molecule has 0 aromatic carbocycles. The number of thioether (sulfide) groups is 1. The summed E-state index contributed by atoms with van der Waals surface area (Å²) in [4.78, 5) is 47.0. The second-order valence-electron chi connectivity index (χ2n) is 6.84. The molecule has 0 aromatic rings. The van der Waals surface area contributed by atoms with E-state index in [4.69, 9.17) is 25.5 Å². The number of rotatable bonds is 3. The summed E-state index contributed by atoms with van der Waals surface area (Å²) in [5.41, 5.74) is 6.39. The van der Waals surface area contributed by atoms with Crippen LogP contribution in [0, 0.1) is 0 Å². The molecule has 7 N–H and O–H groups in total. The van der Waals surface area contributed by atoms with Crippen LogP contribution in [0.25, 0.3) is 0 Å². The average Bonchev–Trinajstić information content (AvgIpc) is 3.19. The summed E-state index contributed by atoms with van der Waals surface area (Å²) in [6, 6.07) is -0.352. The van der Waals surface area contributed by atoms with Crippen molar-refractivity contribution in [1.29, 1.82) is 0 Å². The molecule has 3 aliphatic rings. The number of aliphatic carboxylic acids is 3. The molecule has 1 fully saturated rings. The minimum Gasteiger partial charge on any atom is -0.477 e.